The quantitative estimate of drug-likeness (QED) is 0.807. The molecule has 0 radical (unpaired) electrons. The second kappa shape index (κ2) is 5.88. The minimum Gasteiger partial charge on any atom is -0.320 e. The van der Waals surface area contributed by atoms with Crippen molar-refractivity contribution in [2.24, 2.45) is 0 Å². The molecular weight excluding hydrogens is 267 g/mol. The van der Waals surface area contributed by atoms with Crippen LogP contribution < -0.4 is 9.62 Å². The van der Waals surface area contributed by atoms with Crippen molar-refractivity contribution in [2.45, 2.75) is 19.3 Å². The molecule has 0 spiro atoms. The zero-order chi connectivity index (χ0) is 13.9. The summed E-state index contributed by atoms with van der Waals surface area (Å²) >= 11 is 0. The molecule has 6 heteroatoms. The van der Waals surface area contributed by atoms with Crippen molar-refractivity contribution in [1.29, 1.82) is 0 Å². The fourth-order valence-corrected chi connectivity index (χ4v) is 3.94. The average molecular weight is 286 g/mol. The molecule has 0 saturated carbocycles. The first-order chi connectivity index (χ1) is 9.04. The van der Waals surface area contributed by atoms with E-state index in [4.69, 9.17) is 0 Å². The third kappa shape index (κ3) is 3.25. The molecule has 0 aliphatic carbocycles. The molecule has 0 fully saturated rings. The van der Waals surface area contributed by atoms with Crippen LogP contribution in [-0.4, -0.2) is 34.3 Å². The Morgan fingerprint density at radius 1 is 1.37 bits per heavy atom. The number of sulfonamides is 1. The summed E-state index contributed by atoms with van der Waals surface area (Å²) in [5.41, 5.74) is 1.41. The number of hydrogen-bond acceptors (Lipinski definition) is 3. The van der Waals surface area contributed by atoms with Gasteiger partial charge in [-0.25, -0.2) is 12.8 Å². The van der Waals surface area contributed by atoms with Crippen molar-refractivity contribution in [3.05, 3.63) is 29.6 Å². The van der Waals surface area contributed by atoms with Crippen molar-refractivity contribution < 1.29 is 12.8 Å². The van der Waals surface area contributed by atoms with Gasteiger partial charge < -0.3 is 5.32 Å². The molecule has 1 aromatic carbocycles. The van der Waals surface area contributed by atoms with E-state index in [9.17, 15) is 12.8 Å². The maximum atomic E-state index is 13.2. The number of nitrogens with zero attached hydrogens (tertiary/aromatic N) is 1. The van der Waals surface area contributed by atoms with Gasteiger partial charge in [0.05, 0.1) is 11.4 Å². The molecule has 0 saturated heterocycles. The van der Waals surface area contributed by atoms with Crippen LogP contribution in [0.2, 0.25) is 0 Å². The summed E-state index contributed by atoms with van der Waals surface area (Å²) in [6.45, 7) is 1.23. The average Bonchev–Trinajstić information content (AvgIpc) is 2.78. The normalized spacial score (nSPS) is 14.7. The Kier molecular flexibility index (Phi) is 4.42. The van der Waals surface area contributed by atoms with E-state index >= 15 is 0 Å². The smallest absolute Gasteiger partial charge is 0.235 e. The van der Waals surface area contributed by atoms with Crippen LogP contribution in [0.15, 0.2) is 18.2 Å². The molecule has 1 N–H and O–H groups in total. The lowest BCUT2D eigenvalue weighted by Gasteiger charge is -2.19. The Morgan fingerprint density at radius 3 is 2.89 bits per heavy atom. The molecule has 0 bridgehead atoms. The summed E-state index contributed by atoms with van der Waals surface area (Å²) in [7, 11) is -1.49. The summed E-state index contributed by atoms with van der Waals surface area (Å²) in [6.07, 6.45) is 2.09. The van der Waals surface area contributed by atoms with Crippen LogP contribution in [0.1, 0.15) is 18.4 Å². The van der Waals surface area contributed by atoms with Crippen molar-refractivity contribution in [1.82, 2.24) is 5.32 Å². The Bertz CT molecular complexity index is 546. The van der Waals surface area contributed by atoms with E-state index in [1.165, 1.54) is 16.4 Å². The van der Waals surface area contributed by atoms with Gasteiger partial charge in [0.15, 0.2) is 0 Å². The van der Waals surface area contributed by atoms with Gasteiger partial charge in [-0.15, -0.1) is 0 Å². The maximum Gasteiger partial charge on any atom is 0.235 e. The minimum absolute atomic E-state index is 0.116. The number of benzene rings is 1. The number of fused-ring (bicyclic) bond motifs is 1. The maximum absolute atomic E-state index is 13.2. The van der Waals surface area contributed by atoms with Crippen LogP contribution in [0.25, 0.3) is 0 Å². The molecule has 0 atom stereocenters. The van der Waals surface area contributed by atoms with Crippen LogP contribution in [-0.2, 0) is 16.4 Å². The second-order valence-electron chi connectivity index (χ2n) is 4.72. The Labute approximate surface area is 113 Å². The Balaban J connectivity index is 2.09. The van der Waals surface area contributed by atoms with E-state index in [0.29, 0.717) is 25.1 Å². The molecule has 0 unspecified atom stereocenters. The first-order valence-electron chi connectivity index (χ1n) is 6.48. The van der Waals surface area contributed by atoms with E-state index in [1.54, 1.807) is 6.07 Å². The van der Waals surface area contributed by atoms with Gasteiger partial charge in [0.2, 0.25) is 10.0 Å². The fourth-order valence-electron chi connectivity index (χ4n) is 2.31. The predicted molar refractivity (Wildman–Crippen MR) is 74.4 cm³/mol. The van der Waals surface area contributed by atoms with E-state index in [2.05, 4.69) is 5.32 Å². The Morgan fingerprint density at radius 2 is 2.16 bits per heavy atom. The third-order valence-electron chi connectivity index (χ3n) is 3.32. The zero-order valence-corrected chi connectivity index (χ0v) is 11.8. The summed E-state index contributed by atoms with van der Waals surface area (Å²) in [5, 5.41) is 2.99. The monoisotopic (exact) mass is 286 g/mol. The van der Waals surface area contributed by atoms with Crippen molar-refractivity contribution in [2.75, 3.05) is 30.2 Å². The third-order valence-corrected chi connectivity index (χ3v) is 5.17. The number of anilines is 1. The van der Waals surface area contributed by atoms with E-state index < -0.39 is 15.8 Å². The molecule has 0 amide bonds. The number of hydrogen-bond donors (Lipinski definition) is 1. The van der Waals surface area contributed by atoms with Gasteiger partial charge in [0.1, 0.15) is 5.82 Å². The van der Waals surface area contributed by atoms with Gasteiger partial charge in [0, 0.05) is 6.54 Å². The van der Waals surface area contributed by atoms with Crippen molar-refractivity contribution in [3.63, 3.8) is 0 Å². The first-order valence-corrected chi connectivity index (χ1v) is 8.09. The Hall–Kier alpha value is -1.14. The molecule has 1 aliphatic rings. The van der Waals surface area contributed by atoms with Crippen LogP contribution >= 0.6 is 0 Å². The van der Waals surface area contributed by atoms with E-state index in [-0.39, 0.29) is 5.75 Å². The highest BCUT2D eigenvalue weighted by atomic mass is 32.2. The number of unbranched alkanes of at least 4 members (excludes halogenated alkanes) is 1. The van der Waals surface area contributed by atoms with Crippen LogP contribution in [0.4, 0.5) is 10.1 Å². The van der Waals surface area contributed by atoms with Gasteiger partial charge in [-0.2, -0.15) is 0 Å². The molecule has 2 rings (SSSR count). The van der Waals surface area contributed by atoms with Crippen LogP contribution in [0.3, 0.4) is 0 Å². The van der Waals surface area contributed by atoms with E-state index in [1.807, 2.05) is 7.05 Å². The van der Waals surface area contributed by atoms with Crippen molar-refractivity contribution in [3.8, 4) is 0 Å². The van der Waals surface area contributed by atoms with Gasteiger partial charge in [-0.05, 0) is 50.6 Å². The zero-order valence-electron chi connectivity index (χ0n) is 11.0. The highest BCUT2D eigenvalue weighted by Gasteiger charge is 2.29. The highest BCUT2D eigenvalue weighted by Crippen LogP contribution is 2.31. The largest absolute Gasteiger partial charge is 0.320 e. The molecule has 19 heavy (non-hydrogen) atoms. The second-order valence-corrected chi connectivity index (χ2v) is 6.73. The number of rotatable bonds is 6. The van der Waals surface area contributed by atoms with Crippen molar-refractivity contribution >= 4 is 15.7 Å². The van der Waals surface area contributed by atoms with E-state index in [0.717, 1.165) is 18.5 Å². The topological polar surface area (TPSA) is 49.4 Å². The minimum atomic E-state index is -3.33. The fraction of sp³-hybridized carbons (Fsp3) is 0.538. The predicted octanol–water partition coefficient (Wildman–Crippen LogP) is 1.52. The first kappa shape index (κ1) is 14.3. The van der Waals surface area contributed by atoms with Gasteiger partial charge in [-0.1, -0.05) is 6.07 Å². The van der Waals surface area contributed by atoms with Crippen LogP contribution in [0.5, 0.6) is 0 Å². The lowest BCUT2D eigenvalue weighted by molar-refractivity contribution is 0.586. The van der Waals surface area contributed by atoms with Gasteiger partial charge >= 0.3 is 0 Å². The number of halogens is 1. The molecule has 1 aliphatic heterocycles. The lowest BCUT2D eigenvalue weighted by Crippen LogP contribution is -2.31. The summed E-state index contributed by atoms with van der Waals surface area (Å²) in [5.74, 6) is -0.277. The summed E-state index contributed by atoms with van der Waals surface area (Å²) in [6, 6.07) is 4.36. The summed E-state index contributed by atoms with van der Waals surface area (Å²) < 4.78 is 39.1. The molecule has 4 nitrogen and oxygen atoms in total. The SMILES string of the molecule is CNCCCCS(=O)(=O)N1CCc2ccc(F)cc21. The molecule has 1 aromatic rings. The van der Waals surface area contributed by atoms with Gasteiger partial charge in [-0.3, -0.25) is 4.31 Å². The number of nitrogens with one attached hydrogen (secondary N) is 1. The molecular formula is C13H19FN2O2S. The molecule has 0 aromatic heterocycles. The standard InChI is InChI=1S/C13H19FN2O2S/c1-15-7-2-3-9-19(17,18)16-8-6-11-4-5-12(14)10-13(11)16/h4-5,10,15H,2-3,6-9H2,1H3. The lowest BCUT2D eigenvalue weighted by atomic mass is 10.2. The molecule has 1 heterocycles. The van der Waals surface area contributed by atoms with Gasteiger partial charge in [0.25, 0.3) is 0 Å². The molecule has 106 valence electrons. The highest BCUT2D eigenvalue weighted by molar-refractivity contribution is 7.92. The summed E-state index contributed by atoms with van der Waals surface area (Å²) in [4.78, 5) is 0. The van der Waals surface area contributed by atoms with Crippen LogP contribution in [0, 0.1) is 5.82 Å².